The zero-order chi connectivity index (χ0) is 16.1. The van der Waals surface area contributed by atoms with Crippen LogP contribution in [0.25, 0.3) is 0 Å². The van der Waals surface area contributed by atoms with E-state index in [4.69, 9.17) is 5.26 Å². The van der Waals surface area contributed by atoms with Gasteiger partial charge in [0.15, 0.2) is 6.29 Å². The molecular formula is C16H26N4O2. The summed E-state index contributed by atoms with van der Waals surface area (Å²) in [6.07, 6.45) is 6.55. The summed E-state index contributed by atoms with van der Waals surface area (Å²) >= 11 is 0. The van der Waals surface area contributed by atoms with Crippen LogP contribution in [0.15, 0.2) is 11.8 Å². The predicted octanol–water partition coefficient (Wildman–Crippen LogP) is 1.05. The van der Waals surface area contributed by atoms with Crippen LogP contribution in [0.3, 0.4) is 0 Å². The Morgan fingerprint density at radius 3 is 2.73 bits per heavy atom. The molecule has 0 saturated heterocycles. The highest BCUT2D eigenvalue weighted by molar-refractivity contribution is 5.97. The van der Waals surface area contributed by atoms with Gasteiger partial charge in [0.05, 0.1) is 6.10 Å². The van der Waals surface area contributed by atoms with E-state index in [0.29, 0.717) is 12.6 Å². The third kappa shape index (κ3) is 4.21. The molecule has 0 aromatic carbocycles. The molecule has 0 aromatic heterocycles. The van der Waals surface area contributed by atoms with Crippen LogP contribution in [0, 0.1) is 17.2 Å². The van der Waals surface area contributed by atoms with Gasteiger partial charge in [-0.2, -0.15) is 5.26 Å². The van der Waals surface area contributed by atoms with Crippen molar-refractivity contribution in [2.75, 3.05) is 6.54 Å². The predicted molar refractivity (Wildman–Crippen MR) is 83.2 cm³/mol. The molecule has 1 amide bonds. The van der Waals surface area contributed by atoms with Gasteiger partial charge in [-0.15, -0.1) is 0 Å². The highest BCUT2D eigenvalue weighted by Crippen LogP contribution is 2.19. The molecule has 0 spiro atoms. The van der Waals surface area contributed by atoms with E-state index in [1.165, 1.54) is 19.3 Å². The Kier molecular flexibility index (Phi) is 5.81. The molecule has 1 aliphatic carbocycles. The number of β-amino-alcohol motifs (C(OH)–C–C–N with tert-alkyl or cyclic N) is 1. The Bertz CT molecular complexity index is 463. The largest absolute Gasteiger partial charge is 0.391 e. The minimum atomic E-state index is -0.512. The summed E-state index contributed by atoms with van der Waals surface area (Å²) < 4.78 is 0. The van der Waals surface area contributed by atoms with E-state index in [0.717, 1.165) is 12.8 Å². The summed E-state index contributed by atoms with van der Waals surface area (Å²) in [7, 11) is 0. The smallest absolute Gasteiger partial charge is 0.266 e. The first-order chi connectivity index (χ1) is 10.5. The quantitative estimate of drug-likeness (QED) is 0.706. The molecule has 1 aliphatic heterocycles. The average molecular weight is 306 g/mol. The van der Waals surface area contributed by atoms with E-state index in [2.05, 4.69) is 10.6 Å². The molecule has 6 nitrogen and oxygen atoms in total. The molecule has 2 atom stereocenters. The molecule has 3 N–H and O–H groups in total. The molecule has 0 radical (unpaired) electrons. The van der Waals surface area contributed by atoms with Crippen molar-refractivity contribution in [1.82, 2.24) is 15.5 Å². The van der Waals surface area contributed by atoms with Gasteiger partial charge in [0, 0.05) is 18.8 Å². The van der Waals surface area contributed by atoms with Gasteiger partial charge in [0.1, 0.15) is 11.6 Å². The molecule has 0 unspecified atom stereocenters. The maximum atomic E-state index is 11.9. The van der Waals surface area contributed by atoms with Crippen molar-refractivity contribution in [2.45, 2.75) is 64.4 Å². The van der Waals surface area contributed by atoms with E-state index in [-0.39, 0.29) is 23.7 Å². The molecule has 6 heteroatoms. The molecular weight excluding hydrogens is 280 g/mol. The second-order valence-electron chi connectivity index (χ2n) is 6.54. The minimum Gasteiger partial charge on any atom is -0.391 e. The molecule has 0 aromatic rings. The molecule has 0 bridgehead atoms. The van der Waals surface area contributed by atoms with Crippen LogP contribution in [0.5, 0.6) is 0 Å². The zero-order valence-corrected chi connectivity index (χ0v) is 13.4. The average Bonchev–Trinajstić information content (AvgIpc) is 2.50. The number of rotatable bonds is 5. The van der Waals surface area contributed by atoms with Gasteiger partial charge in [-0.05, 0) is 18.8 Å². The number of nitrogens with one attached hydrogen (secondary N) is 2. The lowest BCUT2D eigenvalue weighted by Crippen LogP contribution is -2.61. The van der Waals surface area contributed by atoms with Crippen LogP contribution in [-0.2, 0) is 4.79 Å². The van der Waals surface area contributed by atoms with Gasteiger partial charge >= 0.3 is 0 Å². The summed E-state index contributed by atoms with van der Waals surface area (Å²) in [5, 5.41) is 25.5. The van der Waals surface area contributed by atoms with E-state index < -0.39 is 6.10 Å². The maximum absolute atomic E-state index is 11.9. The third-order valence-electron chi connectivity index (χ3n) is 4.43. The summed E-state index contributed by atoms with van der Waals surface area (Å²) in [5.74, 6) is -0.238. The number of aliphatic hydroxyl groups is 1. The van der Waals surface area contributed by atoms with Crippen molar-refractivity contribution in [3.8, 4) is 6.07 Å². The Morgan fingerprint density at radius 1 is 1.45 bits per heavy atom. The number of aliphatic hydroxyl groups excluding tert-OH is 1. The van der Waals surface area contributed by atoms with Crippen LogP contribution < -0.4 is 10.6 Å². The molecule has 122 valence electrons. The number of nitrogens with zero attached hydrogens (tertiary/aromatic N) is 2. The standard InChI is InChI=1S/C16H26N4O2/c1-11(2)14(21)10-20-9-12(8-17)15(22)19-16(20)18-13-6-4-3-5-7-13/h9,11,13-14,16,18,21H,3-7,10H2,1-2H3,(H,19,22)/t14-,16+/m1/s1. The van der Waals surface area contributed by atoms with E-state index in [1.54, 1.807) is 6.20 Å². The first-order valence-electron chi connectivity index (χ1n) is 8.14. The second-order valence-corrected chi connectivity index (χ2v) is 6.54. The van der Waals surface area contributed by atoms with Gasteiger partial charge in [0.25, 0.3) is 5.91 Å². The molecule has 1 fully saturated rings. The molecule has 1 saturated carbocycles. The first kappa shape index (κ1) is 16.8. The first-order valence-corrected chi connectivity index (χ1v) is 8.14. The number of carbonyl (C=O) groups is 1. The highest BCUT2D eigenvalue weighted by Gasteiger charge is 2.30. The molecule has 1 heterocycles. The minimum absolute atomic E-state index is 0.0812. The normalized spacial score (nSPS) is 24.7. The lowest BCUT2D eigenvalue weighted by Gasteiger charge is -2.39. The van der Waals surface area contributed by atoms with Crippen LogP contribution >= 0.6 is 0 Å². The Balaban J connectivity index is 2.08. The fourth-order valence-corrected chi connectivity index (χ4v) is 2.88. The van der Waals surface area contributed by atoms with Gasteiger partial charge in [-0.25, -0.2) is 0 Å². The summed E-state index contributed by atoms with van der Waals surface area (Å²) in [4.78, 5) is 13.7. The fourth-order valence-electron chi connectivity index (χ4n) is 2.88. The van der Waals surface area contributed by atoms with Gasteiger partial charge in [-0.1, -0.05) is 33.1 Å². The van der Waals surface area contributed by atoms with Crippen molar-refractivity contribution in [1.29, 1.82) is 5.26 Å². The zero-order valence-electron chi connectivity index (χ0n) is 13.4. The van der Waals surface area contributed by atoms with E-state index >= 15 is 0 Å². The summed E-state index contributed by atoms with van der Waals surface area (Å²) in [6, 6.07) is 2.28. The molecule has 22 heavy (non-hydrogen) atoms. The van der Waals surface area contributed by atoms with Crippen LogP contribution in [0.4, 0.5) is 0 Å². The lowest BCUT2D eigenvalue weighted by molar-refractivity contribution is -0.120. The van der Waals surface area contributed by atoms with Crippen molar-refractivity contribution >= 4 is 5.91 Å². The topological polar surface area (TPSA) is 88.4 Å². The number of nitriles is 1. The number of hydrogen-bond acceptors (Lipinski definition) is 5. The van der Waals surface area contributed by atoms with Crippen molar-refractivity contribution in [2.24, 2.45) is 5.92 Å². The molecule has 2 rings (SSSR count). The van der Waals surface area contributed by atoms with Crippen molar-refractivity contribution in [3.63, 3.8) is 0 Å². The fraction of sp³-hybridized carbons (Fsp3) is 0.750. The number of hydrogen-bond donors (Lipinski definition) is 3. The van der Waals surface area contributed by atoms with E-state index in [1.807, 2.05) is 24.8 Å². The van der Waals surface area contributed by atoms with E-state index in [9.17, 15) is 9.90 Å². The van der Waals surface area contributed by atoms with Crippen molar-refractivity contribution in [3.05, 3.63) is 11.8 Å². The molecule has 2 aliphatic rings. The van der Waals surface area contributed by atoms with Gasteiger partial charge < -0.3 is 15.3 Å². The second kappa shape index (κ2) is 7.61. The van der Waals surface area contributed by atoms with Crippen molar-refractivity contribution < 1.29 is 9.90 Å². The van der Waals surface area contributed by atoms with Gasteiger partial charge in [-0.3, -0.25) is 10.1 Å². The Labute approximate surface area is 132 Å². The summed E-state index contributed by atoms with van der Waals surface area (Å²) in [6.45, 7) is 4.28. The van der Waals surface area contributed by atoms with Crippen LogP contribution in [0.2, 0.25) is 0 Å². The van der Waals surface area contributed by atoms with Gasteiger partial charge in [0.2, 0.25) is 0 Å². The maximum Gasteiger partial charge on any atom is 0.266 e. The SMILES string of the molecule is CC(C)[C@H](O)CN1C=C(C#N)C(=O)N[C@@H]1NC1CCCCC1. The Hall–Kier alpha value is -1.58. The van der Waals surface area contributed by atoms with Crippen LogP contribution in [0.1, 0.15) is 46.0 Å². The Morgan fingerprint density at radius 2 is 2.14 bits per heavy atom. The highest BCUT2D eigenvalue weighted by atomic mass is 16.3. The number of amides is 1. The number of carbonyl (C=O) groups excluding carboxylic acids is 1. The lowest BCUT2D eigenvalue weighted by atomic mass is 9.95. The van der Waals surface area contributed by atoms with Crippen LogP contribution in [-0.4, -0.2) is 40.9 Å². The third-order valence-corrected chi connectivity index (χ3v) is 4.43. The summed E-state index contributed by atoms with van der Waals surface area (Å²) in [5.41, 5.74) is 0.0812. The monoisotopic (exact) mass is 306 g/mol.